The molecule has 122 valence electrons. The number of nitrogens with one attached hydrogen (secondary N) is 3. The molecule has 7 nitrogen and oxygen atoms in total. The van der Waals surface area contributed by atoms with E-state index in [1.54, 1.807) is 0 Å². The zero-order chi connectivity index (χ0) is 16.3. The van der Waals surface area contributed by atoms with Gasteiger partial charge in [0.1, 0.15) is 5.82 Å². The molecule has 1 aromatic carbocycles. The lowest BCUT2D eigenvalue weighted by Gasteiger charge is -2.26. The molecule has 23 heavy (non-hydrogen) atoms. The first-order chi connectivity index (χ1) is 11.2. The van der Waals surface area contributed by atoms with E-state index in [1.165, 1.54) is 0 Å². The molecule has 1 saturated heterocycles. The zero-order valence-corrected chi connectivity index (χ0v) is 13.2. The molecule has 1 amide bonds. The SMILES string of the molecule is CCC1(C(=O)Nc2ccc(-c3n[nH]c(CN)n3)cc2)CCCN1. The highest BCUT2D eigenvalue weighted by Crippen LogP contribution is 2.25. The summed E-state index contributed by atoms with van der Waals surface area (Å²) in [6, 6.07) is 7.51. The Balaban J connectivity index is 1.71. The van der Waals surface area contributed by atoms with Gasteiger partial charge < -0.3 is 16.4 Å². The van der Waals surface area contributed by atoms with Gasteiger partial charge in [0.25, 0.3) is 0 Å². The van der Waals surface area contributed by atoms with Crippen molar-refractivity contribution in [2.75, 3.05) is 11.9 Å². The number of carbonyl (C=O) groups excluding carboxylic acids is 1. The lowest BCUT2D eigenvalue weighted by atomic mass is 9.93. The fourth-order valence-corrected chi connectivity index (χ4v) is 2.93. The number of benzene rings is 1. The average Bonchev–Trinajstić information content (AvgIpc) is 3.25. The zero-order valence-electron chi connectivity index (χ0n) is 13.2. The minimum Gasteiger partial charge on any atom is -0.324 e. The molecule has 2 aromatic rings. The highest BCUT2D eigenvalue weighted by Gasteiger charge is 2.38. The third-order valence-corrected chi connectivity index (χ3v) is 4.41. The Hall–Kier alpha value is -2.25. The van der Waals surface area contributed by atoms with E-state index in [0.29, 0.717) is 18.2 Å². The maximum atomic E-state index is 12.5. The van der Waals surface area contributed by atoms with Crippen LogP contribution in [-0.2, 0) is 11.3 Å². The number of aromatic nitrogens is 3. The number of hydrogen-bond donors (Lipinski definition) is 4. The molecule has 5 N–H and O–H groups in total. The molecular weight excluding hydrogens is 292 g/mol. The van der Waals surface area contributed by atoms with Gasteiger partial charge in [-0.1, -0.05) is 6.92 Å². The number of nitrogens with zero attached hydrogens (tertiary/aromatic N) is 2. The monoisotopic (exact) mass is 314 g/mol. The maximum absolute atomic E-state index is 12.5. The van der Waals surface area contributed by atoms with Crippen LogP contribution in [0.3, 0.4) is 0 Å². The van der Waals surface area contributed by atoms with Crippen molar-refractivity contribution in [1.29, 1.82) is 0 Å². The van der Waals surface area contributed by atoms with Crippen LogP contribution < -0.4 is 16.4 Å². The Labute approximate surface area is 135 Å². The molecule has 1 aliphatic rings. The van der Waals surface area contributed by atoms with Gasteiger partial charge in [-0.3, -0.25) is 9.89 Å². The van der Waals surface area contributed by atoms with E-state index in [1.807, 2.05) is 31.2 Å². The summed E-state index contributed by atoms with van der Waals surface area (Å²) in [6.07, 6.45) is 2.71. The Kier molecular flexibility index (Phi) is 4.40. The van der Waals surface area contributed by atoms with E-state index in [0.717, 1.165) is 37.1 Å². The highest BCUT2D eigenvalue weighted by molar-refractivity contribution is 5.98. The summed E-state index contributed by atoms with van der Waals surface area (Å²) in [6.45, 7) is 3.26. The van der Waals surface area contributed by atoms with Gasteiger partial charge >= 0.3 is 0 Å². The Morgan fingerprint density at radius 3 is 2.74 bits per heavy atom. The van der Waals surface area contributed by atoms with Crippen molar-refractivity contribution in [3.05, 3.63) is 30.1 Å². The van der Waals surface area contributed by atoms with Crippen LogP contribution in [0.1, 0.15) is 32.0 Å². The molecule has 1 aromatic heterocycles. The minimum absolute atomic E-state index is 0.0357. The Bertz CT molecular complexity index is 672. The van der Waals surface area contributed by atoms with E-state index < -0.39 is 5.54 Å². The van der Waals surface area contributed by atoms with Crippen LogP contribution in [0.4, 0.5) is 5.69 Å². The van der Waals surface area contributed by atoms with Gasteiger partial charge in [0, 0.05) is 11.3 Å². The second kappa shape index (κ2) is 6.47. The van der Waals surface area contributed by atoms with Gasteiger partial charge in [-0.05, 0) is 50.1 Å². The normalized spacial score (nSPS) is 20.6. The second-order valence-corrected chi connectivity index (χ2v) is 5.81. The van der Waals surface area contributed by atoms with Crippen LogP contribution >= 0.6 is 0 Å². The number of aromatic amines is 1. The summed E-state index contributed by atoms with van der Waals surface area (Å²) in [7, 11) is 0. The van der Waals surface area contributed by atoms with E-state index in [-0.39, 0.29) is 5.91 Å². The number of carbonyl (C=O) groups is 1. The first-order valence-electron chi connectivity index (χ1n) is 7.95. The van der Waals surface area contributed by atoms with Gasteiger partial charge in [0.15, 0.2) is 5.82 Å². The fourth-order valence-electron chi connectivity index (χ4n) is 2.93. The molecular formula is C16H22N6O. The van der Waals surface area contributed by atoms with Crippen molar-refractivity contribution in [2.45, 2.75) is 38.3 Å². The topological polar surface area (TPSA) is 109 Å². The average molecular weight is 314 g/mol. The van der Waals surface area contributed by atoms with Gasteiger partial charge in [-0.2, -0.15) is 5.10 Å². The third kappa shape index (κ3) is 3.11. The summed E-state index contributed by atoms with van der Waals surface area (Å²) in [5.74, 6) is 1.29. The summed E-state index contributed by atoms with van der Waals surface area (Å²) in [5.41, 5.74) is 6.74. The second-order valence-electron chi connectivity index (χ2n) is 5.81. The highest BCUT2D eigenvalue weighted by atomic mass is 16.2. The van der Waals surface area contributed by atoms with Gasteiger partial charge in [-0.25, -0.2) is 4.98 Å². The van der Waals surface area contributed by atoms with Crippen molar-refractivity contribution in [3.8, 4) is 11.4 Å². The van der Waals surface area contributed by atoms with E-state index in [2.05, 4.69) is 25.8 Å². The molecule has 7 heteroatoms. The molecule has 0 saturated carbocycles. The van der Waals surface area contributed by atoms with Gasteiger partial charge in [-0.15, -0.1) is 0 Å². The summed E-state index contributed by atoms with van der Waals surface area (Å²) >= 11 is 0. The van der Waals surface area contributed by atoms with Crippen molar-refractivity contribution in [1.82, 2.24) is 20.5 Å². The lowest BCUT2D eigenvalue weighted by molar-refractivity contribution is -0.122. The van der Waals surface area contributed by atoms with Crippen LogP contribution in [0.5, 0.6) is 0 Å². The molecule has 0 bridgehead atoms. The van der Waals surface area contributed by atoms with Gasteiger partial charge in [0.2, 0.25) is 5.91 Å². The Morgan fingerprint density at radius 1 is 1.39 bits per heavy atom. The van der Waals surface area contributed by atoms with Crippen LogP contribution in [0.2, 0.25) is 0 Å². The molecule has 0 aliphatic carbocycles. The quantitative estimate of drug-likeness (QED) is 0.667. The first kappa shape index (κ1) is 15.6. The number of hydrogen-bond acceptors (Lipinski definition) is 5. The largest absolute Gasteiger partial charge is 0.324 e. The molecule has 1 unspecified atom stereocenters. The predicted octanol–water partition coefficient (Wildman–Crippen LogP) is 1.40. The summed E-state index contributed by atoms with van der Waals surface area (Å²) in [4.78, 5) is 16.8. The van der Waals surface area contributed by atoms with Crippen LogP contribution in [0.25, 0.3) is 11.4 Å². The maximum Gasteiger partial charge on any atom is 0.244 e. The van der Waals surface area contributed by atoms with E-state index in [9.17, 15) is 4.79 Å². The first-order valence-corrected chi connectivity index (χ1v) is 7.95. The Morgan fingerprint density at radius 2 is 2.17 bits per heavy atom. The van der Waals surface area contributed by atoms with Gasteiger partial charge in [0.05, 0.1) is 12.1 Å². The number of rotatable bonds is 5. The number of H-pyrrole nitrogens is 1. The van der Waals surface area contributed by atoms with Crippen molar-refractivity contribution >= 4 is 11.6 Å². The van der Waals surface area contributed by atoms with Crippen molar-refractivity contribution in [3.63, 3.8) is 0 Å². The molecule has 0 spiro atoms. The van der Waals surface area contributed by atoms with Crippen molar-refractivity contribution in [2.24, 2.45) is 5.73 Å². The molecule has 1 aliphatic heterocycles. The molecule has 1 atom stereocenters. The van der Waals surface area contributed by atoms with Crippen molar-refractivity contribution < 1.29 is 4.79 Å². The lowest BCUT2D eigenvalue weighted by Crippen LogP contribution is -2.50. The predicted molar refractivity (Wildman–Crippen MR) is 88.6 cm³/mol. The van der Waals surface area contributed by atoms with Crippen LogP contribution in [0.15, 0.2) is 24.3 Å². The summed E-state index contributed by atoms with van der Waals surface area (Å²) < 4.78 is 0. The number of anilines is 1. The minimum atomic E-state index is -0.432. The van der Waals surface area contributed by atoms with Crippen LogP contribution in [-0.4, -0.2) is 33.2 Å². The van der Waals surface area contributed by atoms with E-state index >= 15 is 0 Å². The molecule has 0 radical (unpaired) electrons. The fraction of sp³-hybridized carbons (Fsp3) is 0.438. The van der Waals surface area contributed by atoms with Crippen LogP contribution in [0, 0.1) is 0 Å². The third-order valence-electron chi connectivity index (χ3n) is 4.41. The molecule has 3 rings (SSSR count). The summed E-state index contributed by atoms with van der Waals surface area (Å²) in [5, 5.41) is 13.2. The molecule has 2 heterocycles. The number of amides is 1. The standard InChI is InChI=1S/C16H22N6O/c1-2-16(8-3-9-18-16)15(23)19-12-6-4-11(5-7-12)14-20-13(10-17)21-22-14/h4-7,18H,2-3,8-10,17H2,1H3,(H,19,23)(H,20,21,22). The van der Waals surface area contributed by atoms with E-state index in [4.69, 9.17) is 5.73 Å². The smallest absolute Gasteiger partial charge is 0.244 e. The number of nitrogens with two attached hydrogens (primary N) is 1. The molecule has 1 fully saturated rings.